The molecule has 0 radical (unpaired) electrons. The molecule has 156 valence electrons. The van der Waals surface area contributed by atoms with Gasteiger partial charge in [0.25, 0.3) is 0 Å². The molecule has 1 saturated heterocycles. The summed E-state index contributed by atoms with van der Waals surface area (Å²) >= 11 is 1.02. The van der Waals surface area contributed by atoms with Gasteiger partial charge in [-0.05, 0) is 45.7 Å². The predicted molar refractivity (Wildman–Crippen MR) is 110 cm³/mol. The highest BCUT2D eigenvalue weighted by atomic mass is 32.2. The number of rotatable bonds is 6. The maximum Gasteiger partial charge on any atom is 0.350 e. The standard InChI is InChI=1S/C19H23N3O5S2/c1-4-27-18(24)16-13(3)20-19(28-16)21-17(23)15-6-5-11-22(15)29(25,26)14-9-7-12(2)8-10-14/h7-10,15H,4-6,11H2,1-3H3,(H,20,21,23)/t15-/m0/s1. The van der Waals surface area contributed by atoms with Crippen LogP contribution in [0.5, 0.6) is 0 Å². The summed E-state index contributed by atoms with van der Waals surface area (Å²) < 4.78 is 32.2. The molecule has 1 fully saturated rings. The number of benzene rings is 1. The van der Waals surface area contributed by atoms with Crippen LogP contribution in [0.1, 0.15) is 40.7 Å². The Morgan fingerprint density at radius 2 is 1.97 bits per heavy atom. The molecule has 0 aliphatic carbocycles. The summed E-state index contributed by atoms with van der Waals surface area (Å²) in [4.78, 5) is 29.4. The second-order valence-corrected chi connectivity index (χ2v) is 9.62. The number of aromatic nitrogens is 1. The van der Waals surface area contributed by atoms with Gasteiger partial charge < -0.3 is 10.1 Å². The highest BCUT2D eigenvalue weighted by molar-refractivity contribution is 7.89. The lowest BCUT2D eigenvalue weighted by Crippen LogP contribution is -2.43. The molecule has 0 saturated carbocycles. The van der Waals surface area contributed by atoms with Crippen LogP contribution in [0.15, 0.2) is 29.2 Å². The van der Waals surface area contributed by atoms with Crippen LogP contribution < -0.4 is 5.32 Å². The first kappa shape index (κ1) is 21.4. The van der Waals surface area contributed by atoms with Crippen LogP contribution >= 0.6 is 11.3 Å². The summed E-state index contributed by atoms with van der Waals surface area (Å²) in [5.74, 6) is -0.949. The highest BCUT2D eigenvalue weighted by Crippen LogP contribution is 2.29. The van der Waals surface area contributed by atoms with Crippen molar-refractivity contribution in [1.82, 2.24) is 9.29 Å². The van der Waals surface area contributed by atoms with Crippen LogP contribution in [-0.4, -0.2) is 48.8 Å². The number of carbonyl (C=O) groups excluding carboxylic acids is 2. The van der Waals surface area contributed by atoms with E-state index in [0.29, 0.717) is 23.4 Å². The quantitative estimate of drug-likeness (QED) is 0.697. The Kier molecular flexibility index (Phi) is 6.35. The van der Waals surface area contributed by atoms with E-state index in [9.17, 15) is 18.0 Å². The fourth-order valence-electron chi connectivity index (χ4n) is 3.16. The van der Waals surface area contributed by atoms with Gasteiger partial charge in [0.15, 0.2) is 5.13 Å². The summed E-state index contributed by atoms with van der Waals surface area (Å²) in [5.41, 5.74) is 1.41. The summed E-state index contributed by atoms with van der Waals surface area (Å²) in [7, 11) is -3.78. The van der Waals surface area contributed by atoms with Gasteiger partial charge in [0, 0.05) is 6.54 Å². The van der Waals surface area contributed by atoms with Crippen LogP contribution in [-0.2, 0) is 19.6 Å². The molecular weight excluding hydrogens is 414 g/mol. The molecule has 1 N–H and O–H groups in total. The van der Waals surface area contributed by atoms with E-state index in [2.05, 4.69) is 10.3 Å². The zero-order valence-corrected chi connectivity index (χ0v) is 18.1. The Labute approximate surface area is 173 Å². The summed E-state index contributed by atoms with van der Waals surface area (Å²) in [6.45, 7) is 5.76. The van der Waals surface area contributed by atoms with E-state index in [0.717, 1.165) is 16.9 Å². The second kappa shape index (κ2) is 8.60. The molecule has 0 spiro atoms. The van der Waals surface area contributed by atoms with Crippen molar-refractivity contribution in [3.63, 3.8) is 0 Å². The lowest BCUT2D eigenvalue weighted by atomic mass is 10.2. The van der Waals surface area contributed by atoms with Crippen LogP contribution in [0.3, 0.4) is 0 Å². The van der Waals surface area contributed by atoms with Crippen LogP contribution in [0.4, 0.5) is 5.13 Å². The minimum absolute atomic E-state index is 0.164. The lowest BCUT2D eigenvalue weighted by Gasteiger charge is -2.23. The number of carbonyl (C=O) groups is 2. The van der Waals surface area contributed by atoms with Crippen LogP contribution in [0.25, 0.3) is 0 Å². The predicted octanol–water partition coefficient (Wildman–Crippen LogP) is 2.73. The van der Waals surface area contributed by atoms with Gasteiger partial charge in [-0.25, -0.2) is 18.2 Å². The van der Waals surface area contributed by atoms with Crippen LogP contribution in [0.2, 0.25) is 0 Å². The van der Waals surface area contributed by atoms with Crippen molar-refractivity contribution in [2.45, 2.75) is 44.6 Å². The van der Waals surface area contributed by atoms with Crippen molar-refractivity contribution in [3.8, 4) is 0 Å². The van der Waals surface area contributed by atoms with Gasteiger partial charge in [-0.1, -0.05) is 29.0 Å². The van der Waals surface area contributed by atoms with E-state index in [1.165, 1.54) is 4.31 Å². The van der Waals surface area contributed by atoms with Gasteiger partial charge in [0.1, 0.15) is 10.9 Å². The van der Waals surface area contributed by atoms with E-state index < -0.39 is 27.9 Å². The van der Waals surface area contributed by atoms with Crippen molar-refractivity contribution >= 4 is 38.4 Å². The third-order valence-electron chi connectivity index (χ3n) is 4.62. The number of sulfonamides is 1. The molecule has 1 atom stereocenters. The molecule has 0 bridgehead atoms. The van der Waals surface area contributed by atoms with Crippen molar-refractivity contribution in [1.29, 1.82) is 0 Å². The molecule has 2 heterocycles. The first-order valence-corrected chi connectivity index (χ1v) is 11.5. The Morgan fingerprint density at radius 1 is 1.28 bits per heavy atom. The molecule has 1 aliphatic heterocycles. The molecule has 1 aromatic carbocycles. The average molecular weight is 438 g/mol. The maximum absolute atomic E-state index is 13.0. The normalized spacial score (nSPS) is 17.3. The first-order chi connectivity index (χ1) is 13.7. The van der Waals surface area contributed by atoms with Crippen molar-refractivity contribution in [3.05, 3.63) is 40.4 Å². The third-order valence-corrected chi connectivity index (χ3v) is 7.60. The van der Waals surface area contributed by atoms with E-state index in [1.807, 2.05) is 6.92 Å². The third kappa shape index (κ3) is 4.49. The number of thiazole rings is 1. The minimum atomic E-state index is -3.78. The van der Waals surface area contributed by atoms with Crippen molar-refractivity contribution in [2.75, 3.05) is 18.5 Å². The molecule has 2 aromatic rings. The van der Waals surface area contributed by atoms with E-state index >= 15 is 0 Å². The molecule has 3 rings (SSSR count). The molecule has 1 aliphatic rings. The van der Waals surface area contributed by atoms with Crippen molar-refractivity contribution in [2.24, 2.45) is 0 Å². The number of hydrogen-bond donors (Lipinski definition) is 1. The summed E-state index contributed by atoms with van der Waals surface area (Å²) in [6, 6.07) is 5.73. The van der Waals surface area contributed by atoms with Gasteiger partial charge >= 0.3 is 5.97 Å². The van der Waals surface area contributed by atoms with E-state index in [-0.39, 0.29) is 23.2 Å². The molecule has 10 heteroatoms. The zero-order valence-electron chi connectivity index (χ0n) is 16.5. The number of nitrogens with one attached hydrogen (secondary N) is 1. The fourth-order valence-corrected chi connectivity index (χ4v) is 5.68. The number of hydrogen-bond acceptors (Lipinski definition) is 7. The summed E-state index contributed by atoms with van der Waals surface area (Å²) in [6.07, 6.45) is 1.01. The fraction of sp³-hybridized carbons (Fsp3) is 0.421. The van der Waals surface area contributed by atoms with Gasteiger partial charge in [0.2, 0.25) is 15.9 Å². The zero-order chi connectivity index (χ0) is 21.2. The Hall–Kier alpha value is -2.30. The number of esters is 1. The molecular formula is C19H23N3O5S2. The number of amides is 1. The maximum atomic E-state index is 13.0. The van der Waals surface area contributed by atoms with Gasteiger partial charge in [-0.3, -0.25) is 4.79 Å². The Bertz CT molecular complexity index is 1010. The SMILES string of the molecule is CCOC(=O)c1sc(NC(=O)[C@@H]2CCCN2S(=O)(=O)c2ccc(C)cc2)nc1C. The molecule has 8 nitrogen and oxygen atoms in total. The minimum Gasteiger partial charge on any atom is -0.462 e. The number of anilines is 1. The molecule has 1 amide bonds. The molecule has 29 heavy (non-hydrogen) atoms. The Morgan fingerprint density at radius 3 is 2.62 bits per heavy atom. The van der Waals surface area contributed by atoms with E-state index in [1.54, 1.807) is 38.1 Å². The number of nitrogens with zero attached hydrogens (tertiary/aromatic N) is 2. The molecule has 0 unspecified atom stereocenters. The van der Waals surface area contributed by atoms with Gasteiger partial charge in [0.05, 0.1) is 17.2 Å². The number of ether oxygens (including phenoxy) is 1. The van der Waals surface area contributed by atoms with Crippen molar-refractivity contribution < 1.29 is 22.7 Å². The second-order valence-electron chi connectivity index (χ2n) is 6.73. The molecule has 1 aromatic heterocycles. The van der Waals surface area contributed by atoms with Gasteiger partial charge in [-0.15, -0.1) is 0 Å². The highest BCUT2D eigenvalue weighted by Gasteiger charge is 2.39. The number of aryl methyl sites for hydroxylation is 2. The summed E-state index contributed by atoms with van der Waals surface area (Å²) in [5, 5.41) is 2.90. The smallest absolute Gasteiger partial charge is 0.350 e. The monoisotopic (exact) mass is 437 g/mol. The first-order valence-electron chi connectivity index (χ1n) is 9.28. The Balaban J connectivity index is 1.78. The topological polar surface area (TPSA) is 106 Å². The van der Waals surface area contributed by atoms with Crippen LogP contribution in [0, 0.1) is 13.8 Å². The lowest BCUT2D eigenvalue weighted by molar-refractivity contribution is -0.119. The van der Waals surface area contributed by atoms with E-state index in [4.69, 9.17) is 4.74 Å². The van der Waals surface area contributed by atoms with Gasteiger partial charge in [-0.2, -0.15) is 4.31 Å². The average Bonchev–Trinajstić information content (AvgIpc) is 3.29. The largest absolute Gasteiger partial charge is 0.462 e.